The third-order valence-corrected chi connectivity index (χ3v) is 3.46. The minimum atomic E-state index is -0.569. The fraction of sp³-hybridized carbons (Fsp3) is 0.333. The monoisotopic (exact) mass is 313 g/mol. The standard InChI is InChI=1S/C18H23N3O2/c1-15(23-17-9-5-11-20-13-17)18(22)21(12-6-10-19)14-16-7-3-2-4-8-16/h2-5,7-9,11,13,15H,6,10,12,14,19H2,1H3. The van der Waals surface area contributed by atoms with Crippen LogP contribution < -0.4 is 10.5 Å². The summed E-state index contributed by atoms with van der Waals surface area (Å²) >= 11 is 0. The van der Waals surface area contributed by atoms with E-state index in [1.807, 2.05) is 30.3 Å². The van der Waals surface area contributed by atoms with Crippen LogP contribution in [0.2, 0.25) is 0 Å². The molecule has 1 unspecified atom stereocenters. The fourth-order valence-corrected chi connectivity index (χ4v) is 2.28. The molecule has 2 rings (SSSR count). The first-order chi connectivity index (χ1) is 11.2. The van der Waals surface area contributed by atoms with Crippen LogP contribution in [-0.4, -0.2) is 35.0 Å². The first kappa shape index (κ1) is 17.0. The zero-order chi connectivity index (χ0) is 16.5. The summed E-state index contributed by atoms with van der Waals surface area (Å²) in [6, 6.07) is 13.5. The maximum Gasteiger partial charge on any atom is 0.263 e. The van der Waals surface area contributed by atoms with Crippen molar-refractivity contribution in [2.24, 2.45) is 5.73 Å². The maximum absolute atomic E-state index is 12.7. The molecule has 0 bridgehead atoms. The molecular formula is C18H23N3O2. The van der Waals surface area contributed by atoms with E-state index in [4.69, 9.17) is 10.5 Å². The number of hydrogen-bond donors (Lipinski definition) is 1. The summed E-state index contributed by atoms with van der Waals surface area (Å²) in [5, 5.41) is 0. The van der Waals surface area contributed by atoms with Gasteiger partial charge in [0.25, 0.3) is 5.91 Å². The van der Waals surface area contributed by atoms with Crippen molar-refractivity contribution in [3.8, 4) is 5.75 Å². The summed E-state index contributed by atoms with van der Waals surface area (Å²) in [4.78, 5) is 18.5. The highest BCUT2D eigenvalue weighted by atomic mass is 16.5. The van der Waals surface area contributed by atoms with E-state index in [0.29, 0.717) is 25.4 Å². The molecule has 1 aromatic carbocycles. The number of benzene rings is 1. The van der Waals surface area contributed by atoms with Crippen molar-refractivity contribution >= 4 is 5.91 Å². The first-order valence-electron chi connectivity index (χ1n) is 7.80. The third-order valence-electron chi connectivity index (χ3n) is 3.46. The van der Waals surface area contributed by atoms with Crippen molar-refractivity contribution in [1.82, 2.24) is 9.88 Å². The number of aromatic nitrogens is 1. The predicted molar refractivity (Wildman–Crippen MR) is 89.9 cm³/mol. The van der Waals surface area contributed by atoms with Crippen LogP contribution in [0.4, 0.5) is 0 Å². The molecule has 0 saturated heterocycles. The van der Waals surface area contributed by atoms with Gasteiger partial charge in [-0.2, -0.15) is 0 Å². The number of amides is 1. The Kier molecular flexibility index (Phi) is 6.56. The Morgan fingerprint density at radius 3 is 2.70 bits per heavy atom. The molecule has 122 valence electrons. The minimum Gasteiger partial charge on any atom is -0.479 e. The first-order valence-corrected chi connectivity index (χ1v) is 7.80. The lowest BCUT2D eigenvalue weighted by molar-refractivity contribution is -0.138. The number of rotatable bonds is 8. The summed E-state index contributed by atoms with van der Waals surface area (Å²) in [6.45, 7) is 3.48. The molecule has 0 saturated carbocycles. The molecule has 23 heavy (non-hydrogen) atoms. The zero-order valence-electron chi connectivity index (χ0n) is 13.4. The Morgan fingerprint density at radius 1 is 1.26 bits per heavy atom. The van der Waals surface area contributed by atoms with Gasteiger partial charge in [-0.3, -0.25) is 9.78 Å². The minimum absolute atomic E-state index is 0.0499. The van der Waals surface area contributed by atoms with Crippen LogP contribution >= 0.6 is 0 Å². The normalized spacial score (nSPS) is 11.7. The van der Waals surface area contributed by atoms with Gasteiger partial charge in [-0.1, -0.05) is 30.3 Å². The van der Waals surface area contributed by atoms with E-state index in [2.05, 4.69) is 4.98 Å². The van der Waals surface area contributed by atoms with Crippen LogP contribution in [-0.2, 0) is 11.3 Å². The Hall–Kier alpha value is -2.40. The Labute approximate surface area is 137 Å². The van der Waals surface area contributed by atoms with Crippen LogP contribution in [0, 0.1) is 0 Å². The van der Waals surface area contributed by atoms with E-state index in [1.54, 1.807) is 36.4 Å². The number of ether oxygens (including phenoxy) is 1. The lowest BCUT2D eigenvalue weighted by Gasteiger charge is -2.26. The smallest absolute Gasteiger partial charge is 0.263 e. The van der Waals surface area contributed by atoms with Gasteiger partial charge < -0.3 is 15.4 Å². The molecule has 0 aliphatic carbocycles. The van der Waals surface area contributed by atoms with Gasteiger partial charge in [0.05, 0.1) is 6.20 Å². The molecule has 5 nitrogen and oxygen atoms in total. The molecule has 0 radical (unpaired) electrons. The van der Waals surface area contributed by atoms with E-state index in [9.17, 15) is 4.79 Å². The van der Waals surface area contributed by atoms with E-state index >= 15 is 0 Å². The second-order valence-electron chi connectivity index (χ2n) is 5.34. The quantitative estimate of drug-likeness (QED) is 0.811. The van der Waals surface area contributed by atoms with Gasteiger partial charge >= 0.3 is 0 Å². The average molecular weight is 313 g/mol. The van der Waals surface area contributed by atoms with Crippen molar-refractivity contribution in [3.63, 3.8) is 0 Å². The van der Waals surface area contributed by atoms with Crippen molar-refractivity contribution < 1.29 is 9.53 Å². The molecule has 0 aliphatic rings. The Balaban J connectivity index is 2.03. The summed E-state index contributed by atoms with van der Waals surface area (Å²) < 4.78 is 5.69. The van der Waals surface area contributed by atoms with Gasteiger partial charge in [-0.25, -0.2) is 0 Å². The van der Waals surface area contributed by atoms with Gasteiger partial charge in [0.1, 0.15) is 5.75 Å². The number of pyridine rings is 1. The second-order valence-corrected chi connectivity index (χ2v) is 5.34. The molecule has 1 heterocycles. The second kappa shape index (κ2) is 8.90. The maximum atomic E-state index is 12.7. The highest BCUT2D eigenvalue weighted by molar-refractivity contribution is 5.80. The summed E-state index contributed by atoms with van der Waals surface area (Å²) in [5.41, 5.74) is 6.68. The van der Waals surface area contributed by atoms with E-state index < -0.39 is 6.10 Å². The van der Waals surface area contributed by atoms with Crippen LogP contribution in [0.3, 0.4) is 0 Å². The van der Waals surface area contributed by atoms with E-state index in [1.165, 1.54) is 0 Å². The molecular weight excluding hydrogens is 290 g/mol. The van der Waals surface area contributed by atoms with Gasteiger partial charge in [-0.15, -0.1) is 0 Å². The molecule has 0 fully saturated rings. The van der Waals surface area contributed by atoms with E-state index in [-0.39, 0.29) is 5.91 Å². The highest BCUT2D eigenvalue weighted by Gasteiger charge is 2.22. The molecule has 0 spiro atoms. The molecule has 1 aromatic heterocycles. The predicted octanol–water partition coefficient (Wildman–Crippen LogP) is 2.23. The molecule has 1 amide bonds. The summed E-state index contributed by atoms with van der Waals surface area (Å²) in [5.74, 6) is 0.540. The van der Waals surface area contributed by atoms with Crippen LogP contribution in [0.5, 0.6) is 5.75 Å². The van der Waals surface area contributed by atoms with Crippen molar-refractivity contribution in [2.45, 2.75) is 26.0 Å². The SMILES string of the molecule is CC(Oc1cccnc1)C(=O)N(CCCN)Cc1ccccc1. The van der Waals surface area contributed by atoms with Crippen LogP contribution in [0.15, 0.2) is 54.9 Å². The topological polar surface area (TPSA) is 68.5 Å². The van der Waals surface area contributed by atoms with Crippen LogP contribution in [0.25, 0.3) is 0 Å². The molecule has 2 N–H and O–H groups in total. The summed E-state index contributed by atoms with van der Waals surface area (Å²) in [6.07, 6.45) is 3.46. The van der Waals surface area contributed by atoms with E-state index in [0.717, 1.165) is 12.0 Å². The van der Waals surface area contributed by atoms with Crippen molar-refractivity contribution in [3.05, 3.63) is 60.4 Å². The van der Waals surface area contributed by atoms with Crippen molar-refractivity contribution in [1.29, 1.82) is 0 Å². The van der Waals surface area contributed by atoms with Crippen molar-refractivity contribution in [2.75, 3.05) is 13.1 Å². The number of nitrogens with zero attached hydrogens (tertiary/aromatic N) is 2. The lowest BCUT2D eigenvalue weighted by Crippen LogP contribution is -2.41. The largest absolute Gasteiger partial charge is 0.479 e. The number of hydrogen-bond acceptors (Lipinski definition) is 4. The third kappa shape index (κ3) is 5.38. The molecule has 5 heteroatoms. The van der Waals surface area contributed by atoms with Crippen LogP contribution in [0.1, 0.15) is 18.9 Å². The Bertz CT molecular complexity index is 590. The van der Waals surface area contributed by atoms with Gasteiger partial charge in [-0.05, 0) is 37.6 Å². The zero-order valence-corrected chi connectivity index (χ0v) is 13.4. The van der Waals surface area contributed by atoms with Gasteiger partial charge in [0.2, 0.25) is 0 Å². The average Bonchev–Trinajstić information content (AvgIpc) is 2.59. The highest BCUT2D eigenvalue weighted by Crippen LogP contribution is 2.13. The summed E-state index contributed by atoms with van der Waals surface area (Å²) in [7, 11) is 0. The fourth-order valence-electron chi connectivity index (χ4n) is 2.28. The van der Waals surface area contributed by atoms with Gasteiger partial charge in [0, 0.05) is 19.3 Å². The number of carbonyl (C=O) groups excluding carboxylic acids is 1. The number of carbonyl (C=O) groups is 1. The molecule has 2 aromatic rings. The number of nitrogens with two attached hydrogens (primary N) is 1. The Morgan fingerprint density at radius 2 is 2.04 bits per heavy atom. The van der Waals surface area contributed by atoms with Gasteiger partial charge in [0.15, 0.2) is 6.10 Å². The molecule has 0 aliphatic heterocycles. The lowest BCUT2D eigenvalue weighted by atomic mass is 10.2. The molecule has 1 atom stereocenters.